The number of aromatic amines is 1. The molecule has 6 heteroatoms. The molecule has 1 aliphatic carbocycles. The molecule has 1 heterocycles. The van der Waals surface area contributed by atoms with E-state index in [4.69, 9.17) is 4.74 Å². The zero-order valence-electron chi connectivity index (χ0n) is 12.5. The zero-order valence-corrected chi connectivity index (χ0v) is 13.3. The van der Waals surface area contributed by atoms with Gasteiger partial charge in [0.25, 0.3) is 0 Å². The average Bonchev–Trinajstić information content (AvgIpc) is 3.04. The van der Waals surface area contributed by atoms with Crippen LogP contribution in [0.4, 0.5) is 0 Å². The first-order valence-electron chi connectivity index (χ1n) is 7.17. The fraction of sp³-hybridized carbons (Fsp3) is 0.467. The molecular weight excluding hydrogens is 284 g/mol. The lowest BCUT2D eigenvalue weighted by atomic mass is 10.1. The van der Waals surface area contributed by atoms with E-state index < -0.39 is 0 Å². The fourth-order valence-electron chi connectivity index (χ4n) is 2.79. The summed E-state index contributed by atoms with van der Waals surface area (Å²) in [4.78, 5) is 4.41. The summed E-state index contributed by atoms with van der Waals surface area (Å²) >= 11 is 1.73. The van der Waals surface area contributed by atoms with Crippen LogP contribution in [0.3, 0.4) is 0 Å². The largest absolute Gasteiger partial charge is 0.497 e. The van der Waals surface area contributed by atoms with Crippen LogP contribution in [0.25, 0.3) is 0 Å². The van der Waals surface area contributed by atoms with Gasteiger partial charge in [-0.05, 0) is 43.1 Å². The van der Waals surface area contributed by atoms with Gasteiger partial charge in [-0.2, -0.15) is 0 Å². The van der Waals surface area contributed by atoms with Gasteiger partial charge in [-0.15, -0.1) is 5.10 Å². The van der Waals surface area contributed by atoms with Crippen molar-refractivity contribution in [2.75, 3.05) is 13.7 Å². The highest BCUT2D eigenvalue weighted by molar-refractivity contribution is 7.99. The number of hydrogen-bond acceptors (Lipinski definition) is 5. The first-order chi connectivity index (χ1) is 10.2. The number of thioether (sulfide) groups is 1. The fourth-order valence-corrected chi connectivity index (χ4v) is 3.99. The quantitative estimate of drug-likeness (QED) is 0.888. The zero-order chi connectivity index (χ0) is 14.8. The standard InChI is InChI=1S/C15H20N4OS/c1-4-16-14-12-8-11(20-3)6-5-10(12)7-13(14)21-15-17-9(2)18-19-15/h5-6,8,13-14,16H,4,7H2,1-3H3,(H,17,18,19). The van der Waals surface area contributed by atoms with Crippen molar-refractivity contribution in [1.29, 1.82) is 0 Å². The molecular formula is C15H20N4OS. The molecule has 1 aliphatic rings. The monoisotopic (exact) mass is 304 g/mol. The average molecular weight is 304 g/mol. The van der Waals surface area contributed by atoms with Gasteiger partial charge in [-0.3, -0.25) is 5.10 Å². The third-order valence-corrected chi connectivity index (χ3v) is 4.87. The topological polar surface area (TPSA) is 62.8 Å². The molecule has 5 nitrogen and oxygen atoms in total. The number of ether oxygens (including phenoxy) is 1. The maximum atomic E-state index is 5.36. The molecule has 21 heavy (non-hydrogen) atoms. The van der Waals surface area contributed by atoms with E-state index in [0.717, 1.165) is 29.7 Å². The second-order valence-electron chi connectivity index (χ2n) is 5.16. The van der Waals surface area contributed by atoms with Crippen molar-refractivity contribution < 1.29 is 4.74 Å². The first-order valence-corrected chi connectivity index (χ1v) is 8.05. The summed E-state index contributed by atoms with van der Waals surface area (Å²) in [6.45, 7) is 5.00. The third kappa shape index (κ3) is 2.91. The van der Waals surface area contributed by atoms with Crippen LogP contribution in [-0.4, -0.2) is 34.1 Å². The van der Waals surface area contributed by atoms with Gasteiger partial charge < -0.3 is 10.1 Å². The van der Waals surface area contributed by atoms with Crippen LogP contribution in [0.15, 0.2) is 23.4 Å². The van der Waals surface area contributed by atoms with Gasteiger partial charge in [0.2, 0.25) is 5.16 Å². The Balaban J connectivity index is 1.85. The summed E-state index contributed by atoms with van der Waals surface area (Å²) < 4.78 is 5.36. The van der Waals surface area contributed by atoms with Crippen molar-refractivity contribution >= 4 is 11.8 Å². The molecule has 2 unspecified atom stereocenters. The van der Waals surface area contributed by atoms with Crippen molar-refractivity contribution in [2.24, 2.45) is 0 Å². The van der Waals surface area contributed by atoms with E-state index in [1.54, 1.807) is 18.9 Å². The highest BCUT2D eigenvalue weighted by Gasteiger charge is 2.33. The van der Waals surface area contributed by atoms with Gasteiger partial charge in [0.15, 0.2) is 0 Å². The minimum Gasteiger partial charge on any atom is -0.497 e. The summed E-state index contributed by atoms with van der Waals surface area (Å²) in [7, 11) is 1.71. The molecule has 0 saturated heterocycles. The maximum Gasteiger partial charge on any atom is 0.208 e. The number of fused-ring (bicyclic) bond motifs is 1. The minimum absolute atomic E-state index is 0.309. The molecule has 0 aliphatic heterocycles. The number of methoxy groups -OCH3 is 1. The minimum atomic E-state index is 0.309. The Hall–Kier alpha value is -1.53. The SMILES string of the molecule is CCNC1c2cc(OC)ccc2CC1Sc1n[nH]c(C)n1. The maximum absolute atomic E-state index is 5.36. The van der Waals surface area contributed by atoms with E-state index in [9.17, 15) is 0 Å². The number of hydrogen-bond donors (Lipinski definition) is 2. The van der Waals surface area contributed by atoms with Crippen LogP contribution in [0.5, 0.6) is 5.75 Å². The van der Waals surface area contributed by atoms with E-state index in [-0.39, 0.29) is 0 Å². The van der Waals surface area contributed by atoms with E-state index in [0.29, 0.717) is 11.3 Å². The van der Waals surface area contributed by atoms with Crippen LogP contribution >= 0.6 is 11.8 Å². The smallest absolute Gasteiger partial charge is 0.208 e. The van der Waals surface area contributed by atoms with Crippen molar-refractivity contribution in [3.05, 3.63) is 35.2 Å². The predicted octanol–water partition coefficient (Wildman–Crippen LogP) is 2.49. The molecule has 0 fully saturated rings. The summed E-state index contributed by atoms with van der Waals surface area (Å²) in [6.07, 6.45) is 1.02. The van der Waals surface area contributed by atoms with Crippen LogP contribution in [0.2, 0.25) is 0 Å². The number of benzene rings is 1. The molecule has 0 spiro atoms. The van der Waals surface area contributed by atoms with E-state index in [1.807, 2.05) is 13.0 Å². The number of aromatic nitrogens is 3. The van der Waals surface area contributed by atoms with Gasteiger partial charge in [0.05, 0.1) is 7.11 Å². The first kappa shape index (κ1) is 14.4. The Morgan fingerprint density at radius 2 is 2.33 bits per heavy atom. The Morgan fingerprint density at radius 3 is 3.00 bits per heavy atom. The van der Waals surface area contributed by atoms with Crippen LogP contribution < -0.4 is 10.1 Å². The number of nitrogens with zero attached hydrogens (tertiary/aromatic N) is 2. The van der Waals surface area contributed by atoms with Crippen molar-refractivity contribution in [2.45, 2.75) is 36.7 Å². The number of nitrogens with one attached hydrogen (secondary N) is 2. The second-order valence-corrected chi connectivity index (χ2v) is 6.37. The Morgan fingerprint density at radius 1 is 1.48 bits per heavy atom. The van der Waals surface area contributed by atoms with Gasteiger partial charge in [-0.25, -0.2) is 4.98 Å². The molecule has 2 aromatic rings. The Kier molecular flexibility index (Phi) is 4.17. The predicted molar refractivity (Wildman–Crippen MR) is 83.9 cm³/mol. The molecule has 112 valence electrons. The van der Waals surface area contributed by atoms with E-state index in [1.165, 1.54) is 11.1 Å². The molecule has 0 radical (unpaired) electrons. The summed E-state index contributed by atoms with van der Waals surface area (Å²) in [5, 5.41) is 12.0. The number of H-pyrrole nitrogens is 1. The summed E-state index contributed by atoms with van der Waals surface area (Å²) in [5.41, 5.74) is 2.72. The highest BCUT2D eigenvalue weighted by atomic mass is 32.2. The van der Waals surface area contributed by atoms with Gasteiger partial charge in [0, 0.05) is 11.3 Å². The van der Waals surface area contributed by atoms with Gasteiger partial charge in [0.1, 0.15) is 11.6 Å². The third-order valence-electron chi connectivity index (χ3n) is 3.74. The van der Waals surface area contributed by atoms with E-state index >= 15 is 0 Å². The van der Waals surface area contributed by atoms with Gasteiger partial charge in [-0.1, -0.05) is 24.8 Å². The normalized spacial score (nSPS) is 20.5. The number of rotatable bonds is 5. The van der Waals surface area contributed by atoms with E-state index in [2.05, 4.69) is 39.6 Å². The molecule has 2 atom stereocenters. The van der Waals surface area contributed by atoms with Gasteiger partial charge >= 0.3 is 0 Å². The van der Waals surface area contributed by atoms with Crippen molar-refractivity contribution in [3.63, 3.8) is 0 Å². The number of aryl methyl sites for hydroxylation is 1. The Labute approximate surface area is 128 Å². The summed E-state index contributed by atoms with van der Waals surface area (Å²) in [5.74, 6) is 1.77. The molecule has 0 saturated carbocycles. The molecule has 0 amide bonds. The lowest BCUT2D eigenvalue weighted by Gasteiger charge is -2.20. The highest BCUT2D eigenvalue weighted by Crippen LogP contribution is 2.41. The second kappa shape index (κ2) is 6.07. The van der Waals surface area contributed by atoms with Crippen molar-refractivity contribution in [3.8, 4) is 5.75 Å². The van der Waals surface area contributed by atoms with Crippen molar-refractivity contribution in [1.82, 2.24) is 20.5 Å². The lowest BCUT2D eigenvalue weighted by molar-refractivity contribution is 0.413. The molecule has 3 rings (SSSR count). The Bertz CT molecular complexity index is 628. The van der Waals surface area contributed by atoms with Crippen LogP contribution in [0.1, 0.15) is 29.9 Å². The van der Waals surface area contributed by atoms with Crippen LogP contribution in [-0.2, 0) is 6.42 Å². The molecule has 2 N–H and O–H groups in total. The van der Waals surface area contributed by atoms with Crippen LogP contribution in [0, 0.1) is 6.92 Å². The molecule has 1 aromatic heterocycles. The summed E-state index contributed by atoms with van der Waals surface area (Å²) in [6, 6.07) is 6.66. The molecule has 0 bridgehead atoms. The molecule has 1 aromatic carbocycles. The lowest BCUT2D eigenvalue weighted by Crippen LogP contribution is -2.26.